The zero-order chi connectivity index (χ0) is 43.0. The van der Waals surface area contributed by atoms with Gasteiger partial charge in [0, 0.05) is 19.3 Å². The highest BCUT2D eigenvalue weighted by molar-refractivity contribution is 5.71. The lowest BCUT2D eigenvalue weighted by Crippen LogP contribution is -2.30. The molecule has 0 bridgehead atoms. The molecule has 0 spiro atoms. The molecule has 1 unspecified atom stereocenters. The van der Waals surface area contributed by atoms with Gasteiger partial charge in [0.25, 0.3) is 0 Å². The molecule has 0 aromatic heterocycles. The molecule has 6 heteroatoms. The first-order chi connectivity index (χ1) is 29.0. The standard InChI is InChI=1S/C53H100O6/c1-4-7-10-13-16-19-22-24-26-27-28-30-31-34-37-40-43-46-52(55)58-49-50(48-57-51(54)45-42-39-36-33-21-18-15-12-9-6-3)59-53(56)47-44-41-38-35-32-29-25-23-20-17-14-11-8-5-2/h29,32,50H,4-28,30-31,33-49H2,1-3H3/b32-29-. The van der Waals surface area contributed by atoms with E-state index in [-0.39, 0.29) is 31.1 Å². The van der Waals surface area contributed by atoms with Gasteiger partial charge in [-0.05, 0) is 44.9 Å². The fourth-order valence-electron chi connectivity index (χ4n) is 7.79. The van der Waals surface area contributed by atoms with Crippen molar-refractivity contribution in [2.75, 3.05) is 13.2 Å². The Morgan fingerprint density at radius 2 is 0.559 bits per heavy atom. The van der Waals surface area contributed by atoms with E-state index in [9.17, 15) is 14.4 Å². The second-order valence-electron chi connectivity index (χ2n) is 17.8. The van der Waals surface area contributed by atoms with E-state index in [1.54, 1.807) is 0 Å². The predicted octanol–water partition coefficient (Wildman–Crippen LogP) is 17.0. The summed E-state index contributed by atoms with van der Waals surface area (Å²) < 4.78 is 16.8. The zero-order valence-electron chi connectivity index (χ0n) is 39.8. The van der Waals surface area contributed by atoms with Gasteiger partial charge in [0.05, 0.1) is 0 Å². The maximum absolute atomic E-state index is 12.8. The summed E-state index contributed by atoms with van der Waals surface area (Å²) >= 11 is 0. The maximum atomic E-state index is 12.8. The van der Waals surface area contributed by atoms with Crippen LogP contribution in [0, 0.1) is 0 Å². The quantitative estimate of drug-likeness (QED) is 0.0263. The third kappa shape index (κ3) is 47.1. The summed E-state index contributed by atoms with van der Waals surface area (Å²) in [6.07, 6.45) is 53.4. The number of carbonyl (C=O) groups is 3. The molecule has 0 aromatic carbocycles. The van der Waals surface area contributed by atoms with Gasteiger partial charge in [0.2, 0.25) is 0 Å². The minimum atomic E-state index is -0.770. The summed E-state index contributed by atoms with van der Waals surface area (Å²) in [5.41, 5.74) is 0. The number of rotatable bonds is 48. The number of esters is 3. The van der Waals surface area contributed by atoms with Gasteiger partial charge >= 0.3 is 17.9 Å². The van der Waals surface area contributed by atoms with Crippen molar-refractivity contribution in [3.63, 3.8) is 0 Å². The van der Waals surface area contributed by atoms with Crippen LogP contribution in [0.3, 0.4) is 0 Å². The number of allylic oxidation sites excluding steroid dienone is 2. The van der Waals surface area contributed by atoms with Crippen LogP contribution >= 0.6 is 0 Å². The Hall–Kier alpha value is -1.85. The van der Waals surface area contributed by atoms with E-state index in [0.29, 0.717) is 19.3 Å². The summed E-state index contributed by atoms with van der Waals surface area (Å²) in [5, 5.41) is 0. The van der Waals surface area contributed by atoms with Gasteiger partial charge in [-0.1, -0.05) is 238 Å². The molecule has 1 atom stereocenters. The lowest BCUT2D eigenvalue weighted by atomic mass is 10.0. The molecule has 0 aliphatic carbocycles. The molecule has 0 saturated heterocycles. The highest BCUT2D eigenvalue weighted by atomic mass is 16.6. The second-order valence-corrected chi connectivity index (χ2v) is 17.8. The number of carbonyl (C=O) groups excluding carboxylic acids is 3. The molecule has 59 heavy (non-hydrogen) atoms. The van der Waals surface area contributed by atoms with Crippen LogP contribution in [0.25, 0.3) is 0 Å². The molecular weight excluding hydrogens is 733 g/mol. The third-order valence-corrected chi connectivity index (χ3v) is 11.8. The lowest BCUT2D eigenvalue weighted by molar-refractivity contribution is -0.167. The van der Waals surface area contributed by atoms with Crippen LogP contribution in [-0.4, -0.2) is 37.2 Å². The highest BCUT2D eigenvalue weighted by Gasteiger charge is 2.19. The SMILES string of the molecule is CCCCCCCCC/C=C\CCCCCC(=O)OC(COC(=O)CCCCCCCCCCCC)COC(=O)CCCCCCCCCCCCCCCCCCC. The van der Waals surface area contributed by atoms with Crippen molar-refractivity contribution in [2.24, 2.45) is 0 Å². The maximum Gasteiger partial charge on any atom is 0.306 e. The molecule has 0 saturated carbocycles. The fourth-order valence-corrected chi connectivity index (χ4v) is 7.79. The average molecular weight is 833 g/mol. The van der Waals surface area contributed by atoms with Gasteiger partial charge in [-0.15, -0.1) is 0 Å². The molecular formula is C53H100O6. The molecule has 0 aromatic rings. The third-order valence-electron chi connectivity index (χ3n) is 11.8. The Kier molecular flexibility index (Phi) is 47.3. The minimum absolute atomic E-state index is 0.0708. The Morgan fingerprint density at radius 1 is 0.322 bits per heavy atom. The van der Waals surface area contributed by atoms with Gasteiger partial charge in [-0.3, -0.25) is 14.4 Å². The molecule has 0 aliphatic heterocycles. The largest absolute Gasteiger partial charge is 0.462 e. The topological polar surface area (TPSA) is 78.9 Å². The molecule has 348 valence electrons. The van der Waals surface area contributed by atoms with Crippen molar-refractivity contribution >= 4 is 17.9 Å². The van der Waals surface area contributed by atoms with E-state index in [4.69, 9.17) is 14.2 Å². The second kappa shape index (κ2) is 48.8. The van der Waals surface area contributed by atoms with Gasteiger partial charge < -0.3 is 14.2 Å². The Balaban J connectivity index is 4.30. The first-order valence-electron chi connectivity index (χ1n) is 26.2. The minimum Gasteiger partial charge on any atom is -0.462 e. The van der Waals surface area contributed by atoms with Crippen LogP contribution in [0.4, 0.5) is 0 Å². The first-order valence-corrected chi connectivity index (χ1v) is 26.2. The van der Waals surface area contributed by atoms with Crippen LogP contribution in [0.2, 0.25) is 0 Å². The smallest absolute Gasteiger partial charge is 0.306 e. The zero-order valence-corrected chi connectivity index (χ0v) is 39.8. The molecule has 6 nitrogen and oxygen atoms in total. The van der Waals surface area contributed by atoms with Crippen LogP contribution in [0.1, 0.15) is 290 Å². The van der Waals surface area contributed by atoms with E-state index in [1.165, 1.54) is 180 Å². The molecule has 0 fully saturated rings. The van der Waals surface area contributed by atoms with Crippen molar-refractivity contribution in [2.45, 2.75) is 297 Å². The predicted molar refractivity (Wildman–Crippen MR) is 252 cm³/mol. The van der Waals surface area contributed by atoms with Crippen molar-refractivity contribution in [3.8, 4) is 0 Å². The van der Waals surface area contributed by atoms with E-state index >= 15 is 0 Å². The summed E-state index contributed by atoms with van der Waals surface area (Å²) in [6, 6.07) is 0. The number of hydrogen-bond acceptors (Lipinski definition) is 6. The van der Waals surface area contributed by atoms with Gasteiger partial charge in [0.15, 0.2) is 6.10 Å². The van der Waals surface area contributed by atoms with Crippen molar-refractivity contribution < 1.29 is 28.6 Å². The fraction of sp³-hybridized carbons (Fsp3) is 0.906. The van der Waals surface area contributed by atoms with Crippen LogP contribution in [-0.2, 0) is 28.6 Å². The van der Waals surface area contributed by atoms with E-state index < -0.39 is 6.10 Å². The normalized spacial score (nSPS) is 12.0. The van der Waals surface area contributed by atoms with Crippen LogP contribution < -0.4 is 0 Å². The number of ether oxygens (including phenoxy) is 3. The van der Waals surface area contributed by atoms with Crippen molar-refractivity contribution in [3.05, 3.63) is 12.2 Å². The van der Waals surface area contributed by atoms with Crippen molar-refractivity contribution in [1.82, 2.24) is 0 Å². The van der Waals surface area contributed by atoms with Crippen LogP contribution in [0.5, 0.6) is 0 Å². The Morgan fingerprint density at radius 3 is 0.864 bits per heavy atom. The molecule has 0 heterocycles. The first kappa shape index (κ1) is 57.1. The molecule has 0 rings (SSSR count). The Labute approximate surface area is 367 Å². The summed E-state index contributed by atoms with van der Waals surface area (Å²) in [4.78, 5) is 37.9. The highest BCUT2D eigenvalue weighted by Crippen LogP contribution is 2.16. The van der Waals surface area contributed by atoms with Gasteiger partial charge in [-0.2, -0.15) is 0 Å². The Bertz CT molecular complexity index is 916. The summed E-state index contributed by atoms with van der Waals surface area (Å²) in [6.45, 7) is 6.65. The van der Waals surface area contributed by atoms with E-state index in [0.717, 1.165) is 70.6 Å². The van der Waals surface area contributed by atoms with Gasteiger partial charge in [-0.25, -0.2) is 0 Å². The molecule has 0 aliphatic rings. The number of unbranched alkanes of at least 4 members (excludes halogenated alkanes) is 35. The van der Waals surface area contributed by atoms with Crippen LogP contribution in [0.15, 0.2) is 12.2 Å². The van der Waals surface area contributed by atoms with E-state index in [2.05, 4.69) is 32.9 Å². The number of hydrogen-bond donors (Lipinski definition) is 0. The summed E-state index contributed by atoms with van der Waals surface area (Å²) in [5.74, 6) is -0.872. The molecule has 0 N–H and O–H groups in total. The molecule has 0 amide bonds. The van der Waals surface area contributed by atoms with E-state index in [1.807, 2.05) is 0 Å². The van der Waals surface area contributed by atoms with Crippen molar-refractivity contribution in [1.29, 1.82) is 0 Å². The average Bonchev–Trinajstić information content (AvgIpc) is 3.23. The molecule has 0 radical (unpaired) electrons. The van der Waals surface area contributed by atoms with Gasteiger partial charge in [0.1, 0.15) is 13.2 Å². The lowest BCUT2D eigenvalue weighted by Gasteiger charge is -2.18. The summed E-state index contributed by atoms with van der Waals surface area (Å²) in [7, 11) is 0. The monoisotopic (exact) mass is 833 g/mol.